The van der Waals surface area contributed by atoms with Gasteiger partial charge in [-0.25, -0.2) is 13.8 Å². The van der Waals surface area contributed by atoms with Gasteiger partial charge in [0.25, 0.3) is 5.91 Å². The molecule has 8 nitrogen and oxygen atoms in total. The number of nitrogens with zero attached hydrogens (tertiary/aromatic N) is 2. The number of rotatable bonds is 7. The summed E-state index contributed by atoms with van der Waals surface area (Å²) in [5.74, 6) is -3.46. The number of aliphatic hydroxyl groups is 2. The summed E-state index contributed by atoms with van der Waals surface area (Å²) < 4.78 is 35.1. The van der Waals surface area contributed by atoms with Crippen LogP contribution in [0.2, 0.25) is 0 Å². The number of pyridine rings is 1. The second-order valence-electron chi connectivity index (χ2n) is 8.79. The molecule has 2 aromatic rings. The van der Waals surface area contributed by atoms with E-state index in [4.69, 9.17) is 9.84 Å². The molecule has 182 valence electrons. The standard InChI is InChI=1S/C24H27F2N3O5/c1-14-10-16(17-6-8-27-21(11-17)28-22(32)15-2-3-15)4-5-19(14)34-20-7-9-29(13-24(20,25)26)23(33)18(31)12-30/h4-6,8,10-11,15,18,20,30-31H,2-3,7,9,12-13H2,1H3,(H,27,28,32)/t18-,20-/m0/s1. The smallest absolute Gasteiger partial charge is 0.301 e. The largest absolute Gasteiger partial charge is 0.484 e. The highest BCUT2D eigenvalue weighted by Gasteiger charge is 2.48. The molecular formula is C24H27F2N3O5. The van der Waals surface area contributed by atoms with E-state index in [-0.39, 0.29) is 24.8 Å². The predicted molar refractivity (Wildman–Crippen MR) is 119 cm³/mol. The Labute approximate surface area is 195 Å². The first-order valence-corrected chi connectivity index (χ1v) is 11.2. The van der Waals surface area contributed by atoms with Crippen LogP contribution in [0.15, 0.2) is 36.5 Å². The lowest BCUT2D eigenvalue weighted by Crippen LogP contribution is -2.57. The molecule has 4 rings (SSSR count). The Morgan fingerprint density at radius 1 is 1.24 bits per heavy atom. The molecule has 0 bridgehead atoms. The van der Waals surface area contributed by atoms with Gasteiger partial charge in [0.05, 0.1) is 13.2 Å². The van der Waals surface area contributed by atoms with Crippen LogP contribution in [-0.2, 0) is 9.59 Å². The van der Waals surface area contributed by atoms with E-state index >= 15 is 0 Å². The average Bonchev–Trinajstić information content (AvgIpc) is 3.66. The molecule has 2 aliphatic rings. The number of alkyl halides is 2. The van der Waals surface area contributed by atoms with E-state index in [0.29, 0.717) is 17.1 Å². The molecule has 1 aliphatic heterocycles. The summed E-state index contributed by atoms with van der Waals surface area (Å²) in [5.41, 5.74) is 2.29. The SMILES string of the molecule is Cc1cc(-c2ccnc(NC(=O)C3CC3)c2)ccc1O[C@H]1CCN(C(=O)[C@@H](O)CO)CC1(F)F. The number of piperidine rings is 1. The summed E-state index contributed by atoms with van der Waals surface area (Å²) in [6, 6.07) is 8.74. The normalized spacial score (nSPS) is 20.5. The number of halogens is 2. The van der Waals surface area contributed by atoms with Crippen molar-refractivity contribution in [3.63, 3.8) is 0 Å². The molecule has 1 aliphatic carbocycles. The van der Waals surface area contributed by atoms with E-state index in [9.17, 15) is 23.5 Å². The molecule has 0 spiro atoms. The van der Waals surface area contributed by atoms with Gasteiger partial charge >= 0.3 is 5.92 Å². The lowest BCUT2D eigenvalue weighted by molar-refractivity contribution is -0.167. The zero-order valence-corrected chi connectivity index (χ0v) is 18.7. The number of aryl methyl sites for hydroxylation is 1. The molecule has 2 heterocycles. The number of carbonyl (C=O) groups is 2. The second-order valence-corrected chi connectivity index (χ2v) is 8.79. The fourth-order valence-electron chi connectivity index (χ4n) is 3.91. The van der Waals surface area contributed by atoms with Gasteiger partial charge in [0.1, 0.15) is 11.6 Å². The molecule has 0 radical (unpaired) electrons. The maximum Gasteiger partial charge on any atom is 0.301 e. The number of ether oxygens (including phenoxy) is 1. The molecule has 1 saturated heterocycles. The highest BCUT2D eigenvalue weighted by Crippen LogP contribution is 2.34. The Balaban J connectivity index is 1.44. The maximum atomic E-state index is 14.7. The number of anilines is 1. The van der Waals surface area contributed by atoms with Crippen molar-refractivity contribution in [3.8, 4) is 16.9 Å². The first-order valence-electron chi connectivity index (χ1n) is 11.2. The summed E-state index contributed by atoms with van der Waals surface area (Å²) in [6.07, 6.45) is 0.125. The minimum atomic E-state index is -3.33. The molecular weight excluding hydrogens is 448 g/mol. The number of nitrogens with one attached hydrogen (secondary N) is 1. The minimum absolute atomic E-state index is 0.0142. The topological polar surface area (TPSA) is 112 Å². The van der Waals surface area contributed by atoms with E-state index in [2.05, 4.69) is 10.3 Å². The van der Waals surface area contributed by atoms with Gasteiger partial charge in [-0.1, -0.05) is 6.07 Å². The van der Waals surface area contributed by atoms with Crippen molar-refractivity contribution in [1.29, 1.82) is 0 Å². The van der Waals surface area contributed by atoms with Gasteiger partial charge in [-0.15, -0.1) is 0 Å². The molecule has 0 unspecified atom stereocenters. The van der Waals surface area contributed by atoms with Gasteiger partial charge < -0.3 is 25.2 Å². The summed E-state index contributed by atoms with van der Waals surface area (Å²) in [6.45, 7) is 0.0269. The Morgan fingerprint density at radius 3 is 2.62 bits per heavy atom. The summed E-state index contributed by atoms with van der Waals surface area (Å²) in [5, 5.41) is 21.2. The Hall–Kier alpha value is -3.11. The highest BCUT2D eigenvalue weighted by atomic mass is 19.3. The minimum Gasteiger partial charge on any atom is -0.484 e. The van der Waals surface area contributed by atoms with E-state index < -0.39 is 37.2 Å². The highest BCUT2D eigenvalue weighted by molar-refractivity contribution is 5.93. The lowest BCUT2D eigenvalue weighted by Gasteiger charge is -2.38. The van der Waals surface area contributed by atoms with Crippen molar-refractivity contribution in [2.24, 2.45) is 5.92 Å². The molecule has 3 N–H and O–H groups in total. The number of likely N-dealkylation sites (tertiary alicyclic amines) is 1. The third-order valence-electron chi connectivity index (χ3n) is 6.04. The first-order chi connectivity index (χ1) is 16.2. The molecule has 1 saturated carbocycles. The van der Waals surface area contributed by atoms with Crippen LogP contribution in [0.1, 0.15) is 24.8 Å². The van der Waals surface area contributed by atoms with Crippen LogP contribution in [0, 0.1) is 12.8 Å². The zero-order valence-electron chi connectivity index (χ0n) is 18.7. The fourth-order valence-corrected chi connectivity index (χ4v) is 3.91. The van der Waals surface area contributed by atoms with Crippen molar-refractivity contribution < 1.29 is 33.3 Å². The third-order valence-corrected chi connectivity index (χ3v) is 6.04. The fraction of sp³-hybridized carbons (Fsp3) is 0.458. The monoisotopic (exact) mass is 475 g/mol. The van der Waals surface area contributed by atoms with E-state index in [1.54, 1.807) is 37.4 Å². The predicted octanol–water partition coefficient (Wildman–Crippen LogP) is 2.37. The van der Waals surface area contributed by atoms with Gasteiger partial charge in [-0.2, -0.15) is 0 Å². The van der Waals surface area contributed by atoms with Crippen LogP contribution in [0.4, 0.5) is 14.6 Å². The van der Waals surface area contributed by atoms with Crippen molar-refractivity contribution in [2.75, 3.05) is 25.0 Å². The second kappa shape index (κ2) is 9.63. The Morgan fingerprint density at radius 2 is 1.97 bits per heavy atom. The number of hydrogen-bond donors (Lipinski definition) is 3. The zero-order chi connectivity index (χ0) is 24.5. The summed E-state index contributed by atoms with van der Waals surface area (Å²) in [7, 11) is 0. The molecule has 10 heteroatoms. The van der Waals surface area contributed by atoms with Crippen molar-refractivity contribution in [2.45, 2.75) is 44.3 Å². The number of aliphatic hydroxyl groups excluding tert-OH is 2. The van der Waals surface area contributed by atoms with Crippen LogP contribution < -0.4 is 10.1 Å². The van der Waals surface area contributed by atoms with Crippen LogP contribution in [-0.4, -0.2) is 69.7 Å². The number of aromatic nitrogens is 1. The summed E-state index contributed by atoms with van der Waals surface area (Å²) >= 11 is 0. The van der Waals surface area contributed by atoms with E-state index in [1.165, 1.54) is 0 Å². The molecule has 2 atom stereocenters. The van der Waals surface area contributed by atoms with Crippen LogP contribution in [0.5, 0.6) is 5.75 Å². The number of benzene rings is 1. The average molecular weight is 475 g/mol. The van der Waals surface area contributed by atoms with Crippen molar-refractivity contribution >= 4 is 17.6 Å². The van der Waals surface area contributed by atoms with Crippen molar-refractivity contribution in [1.82, 2.24) is 9.88 Å². The summed E-state index contributed by atoms with van der Waals surface area (Å²) in [4.78, 5) is 29.0. The Kier molecular flexibility index (Phi) is 6.81. The van der Waals surface area contributed by atoms with Crippen LogP contribution in [0.25, 0.3) is 11.1 Å². The molecule has 1 aromatic heterocycles. The van der Waals surface area contributed by atoms with Crippen molar-refractivity contribution in [3.05, 3.63) is 42.1 Å². The molecule has 34 heavy (non-hydrogen) atoms. The lowest BCUT2D eigenvalue weighted by atomic mass is 10.0. The number of hydrogen-bond acceptors (Lipinski definition) is 6. The van der Waals surface area contributed by atoms with E-state index in [0.717, 1.165) is 28.9 Å². The van der Waals surface area contributed by atoms with Gasteiger partial charge in [0.2, 0.25) is 5.91 Å². The Bertz CT molecular complexity index is 1080. The molecule has 2 fully saturated rings. The molecule has 1 aromatic carbocycles. The van der Waals surface area contributed by atoms with Gasteiger partial charge in [-0.3, -0.25) is 9.59 Å². The number of carbonyl (C=O) groups excluding carboxylic acids is 2. The van der Waals surface area contributed by atoms with Gasteiger partial charge in [0.15, 0.2) is 12.2 Å². The first kappa shape index (κ1) is 24.0. The van der Waals surface area contributed by atoms with E-state index in [1.807, 2.05) is 6.07 Å². The van der Waals surface area contributed by atoms with Crippen LogP contribution >= 0.6 is 0 Å². The quantitative estimate of drug-likeness (QED) is 0.567. The number of amides is 2. The maximum absolute atomic E-state index is 14.7. The molecule has 2 amide bonds. The van der Waals surface area contributed by atoms with Crippen LogP contribution in [0.3, 0.4) is 0 Å². The van der Waals surface area contributed by atoms with Gasteiger partial charge in [0, 0.05) is 25.1 Å². The van der Waals surface area contributed by atoms with Gasteiger partial charge in [-0.05, 0) is 60.7 Å². The third kappa shape index (κ3) is 5.34.